The van der Waals surface area contributed by atoms with E-state index in [-0.39, 0.29) is 6.61 Å². The van der Waals surface area contributed by atoms with Crippen LogP contribution in [0.1, 0.15) is 32.1 Å². The molecule has 0 fully saturated rings. The summed E-state index contributed by atoms with van der Waals surface area (Å²) in [5.41, 5.74) is 0. The van der Waals surface area contributed by atoms with Crippen molar-refractivity contribution < 1.29 is 21.4 Å². The number of unbranched alkanes of at least 4 members (excludes halogenated alkanes) is 4. The molecule has 0 heterocycles. The molecule has 6 heteroatoms. The van der Waals surface area contributed by atoms with Gasteiger partial charge in [-0.2, -0.15) is 17.2 Å². The molecule has 0 atom stereocenters. The van der Waals surface area contributed by atoms with Crippen LogP contribution >= 0.6 is 0 Å². The van der Waals surface area contributed by atoms with E-state index in [1.807, 2.05) is 0 Å². The van der Waals surface area contributed by atoms with Gasteiger partial charge in [0.25, 0.3) is 16.2 Å². The van der Waals surface area contributed by atoms with Gasteiger partial charge in [-0.3, -0.25) is 4.18 Å². The fourth-order valence-electron chi connectivity index (χ4n) is 1.02. The van der Waals surface area contributed by atoms with Gasteiger partial charge in [0.05, 0.1) is 12.9 Å². The first-order chi connectivity index (χ1) is 6.92. The Labute approximate surface area is 89.2 Å². The molecule has 0 bridgehead atoms. The van der Waals surface area contributed by atoms with Gasteiger partial charge in [-0.15, -0.1) is 0 Å². The van der Waals surface area contributed by atoms with Crippen molar-refractivity contribution in [3.63, 3.8) is 0 Å². The zero-order chi connectivity index (χ0) is 11.7. The fourth-order valence-corrected chi connectivity index (χ4v) is 1.44. The summed E-state index contributed by atoms with van der Waals surface area (Å²) in [5, 5.41) is 0. The number of allylic oxidation sites excluding steroid dienone is 1. The van der Waals surface area contributed by atoms with Crippen LogP contribution in [0, 0.1) is 0 Å². The fraction of sp³-hybridized carbons (Fsp3) is 0.778. The lowest BCUT2D eigenvalue weighted by molar-refractivity contribution is 0.310. The molecule has 0 N–H and O–H groups in total. The summed E-state index contributed by atoms with van der Waals surface area (Å²) >= 11 is 0. The lowest BCUT2D eigenvalue weighted by Crippen LogP contribution is -2.03. The van der Waals surface area contributed by atoms with E-state index in [0.717, 1.165) is 25.2 Å². The van der Waals surface area contributed by atoms with E-state index in [9.17, 15) is 17.2 Å². The van der Waals surface area contributed by atoms with Crippen molar-refractivity contribution in [2.24, 2.45) is 0 Å². The highest BCUT2D eigenvalue weighted by Crippen LogP contribution is 2.07. The SMILES string of the molecule is CS(=O)(=O)OCCCCCCC=C(F)F. The zero-order valence-electron chi connectivity index (χ0n) is 8.71. The highest BCUT2D eigenvalue weighted by atomic mass is 32.2. The molecule has 0 amide bonds. The van der Waals surface area contributed by atoms with Gasteiger partial charge >= 0.3 is 0 Å². The van der Waals surface area contributed by atoms with Crippen molar-refractivity contribution in [2.75, 3.05) is 12.9 Å². The van der Waals surface area contributed by atoms with Gasteiger partial charge < -0.3 is 0 Å². The third kappa shape index (κ3) is 13.5. The molecule has 3 nitrogen and oxygen atoms in total. The zero-order valence-corrected chi connectivity index (χ0v) is 9.53. The molecular formula is C9H16F2O3S. The first kappa shape index (κ1) is 14.5. The molecule has 0 aromatic heterocycles. The third-order valence-electron chi connectivity index (χ3n) is 1.69. The molecule has 0 aromatic carbocycles. The quantitative estimate of drug-likeness (QED) is 0.485. The van der Waals surface area contributed by atoms with Gasteiger partial charge in [0.15, 0.2) is 0 Å². The maximum atomic E-state index is 11.6. The summed E-state index contributed by atoms with van der Waals surface area (Å²) in [7, 11) is -3.34. The molecule has 0 aliphatic heterocycles. The Hall–Kier alpha value is -0.490. The molecule has 0 aliphatic rings. The van der Waals surface area contributed by atoms with Crippen LogP contribution < -0.4 is 0 Å². The summed E-state index contributed by atoms with van der Waals surface area (Å²) in [6.45, 7) is 0.173. The molecule has 0 saturated heterocycles. The number of hydrogen-bond donors (Lipinski definition) is 0. The van der Waals surface area contributed by atoms with E-state index in [1.54, 1.807) is 0 Å². The van der Waals surface area contributed by atoms with Crippen LogP contribution in [0.2, 0.25) is 0 Å². The van der Waals surface area contributed by atoms with Gasteiger partial charge in [-0.1, -0.05) is 12.8 Å². The van der Waals surface area contributed by atoms with Crippen LogP contribution in [-0.4, -0.2) is 21.3 Å². The predicted molar refractivity (Wildman–Crippen MR) is 54.2 cm³/mol. The van der Waals surface area contributed by atoms with E-state index >= 15 is 0 Å². The second-order valence-corrected chi connectivity index (χ2v) is 4.87. The number of hydrogen-bond acceptors (Lipinski definition) is 3. The standard InChI is InChI=1S/C9H16F2O3S/c1-15(12,13)14-8-6-4-2-3-5-7-9(10)11/h7H,2-6,8H2,1H3. The molecule has 90 valence electrons. The summed E-state index contributed by atoms with van der Waals surface area (Å²) < 4.78 is 48.7. The first-order valence-electron chi connectivity index (χ1n) is 4.77. The minimum Gasteiger partial charge on any atom is -0.270 e. The van der Waals surface area contributed by atoms with Gasteiger partial charge in [0.1, 0.15) is 0 Å². The summed E-state index contributed by atoms with van der Waals surface area (Å²) in [4.78, 5) is 0. The monoisotopic (exact) mass is 242 g/mol. The lowest BCUT2D eigenvalue weighted by atomic mass is 10.1. The van der Waals surface area contributed by atoms with Crippen molar-refractivity contribution in [3.05, 3.63) is 12.2 Å². The molecule has 0 spiro atoms. The smallest absolute Gasteiger partial charge is 0.266 e. The van der Waals surface area contributed by atoms with Crippen molar-refractivity contribution in [2.45, 2.75) is 32.1 Å². The lowest BCUT2D eigenvalue weighted by Gasteiger charge is -2.00. The van der Waals surface area contributed by atoms with Gasteiger partial charge in [-0.05, 0) is 25.3 Å². The van der Waals surface area contributed by atoms with Crippen LogP contribution in [0.4, 0.5) is 8.78 Å². The van der Waals surface area contributed by atoms with Crippen molar-refractivity contribution in [3.8, 4) is 0 Å². The van der Waals surface area contributed by atoms with Crippen LogP contribution in [-0.2, 0) is 14.3 Å². The Morgan fingerprint density at radius 2 is 1.80 bits per heavy atom. The minimum absolute atomic E-state index is 0.173. The second-order valence-electron chi connectivity index (χ2n) is 3.22. The van der Waals surface area contributed by atoms with E-state index in [2.05, 4.69) is 4.18 Å². The Kier molecular flexibility index (Phi) is 7.50. The van der Waals surface area contributed by atoms with E-state index in [1.165, 1.54) is 0 Å². The predicted octanol–water partition coefficient (Wildman–Crippen LogP) is 2.69. The van der Waals surface area contributed by atoms with Gasteiger partial charge in [0, 0.05) is 0 Å². The Morgan fingerprint density at radius 1 is 1.20 bits per heavy atom. The van der Waals surface area contributed by atoms with Crippen molar-refractivity contribution in [1.82, 2.24) is 0 Å². The number of halogens is 2. The van der Waals surface area contributed by atoms with E-state index in [4.69, 9.17) is 0 Å². The first-order valence-corrected chi connectivity index (χ1v) is 6.59. The molecule has 0 rings (SSSR count). The largest absolute Gasteiger partial charge is 0.270 e. The Morgan fingerprint density at radius 3 is 2.33 bits per heavy atom. The third-order valence-corrected chi connectivity index (χ3v) is 2.29. The van der Waals surface area contributed by atoms with Crippen LogP contribution in [0.5, 0.6) is 0 Å². The van der Waals surface area contributed by atoms with Crippen LogP contribution in [0.15, 0.2) is 12.2 Å². The van der Waals surface area contributed by atoms with Crippen LogP contribution in [0.25, 0.3) is 0 Å². The Bertz CT molecular complexity index is 282. The topological polar surface area (TPSA) is 43.4 Å². The van der Waals surface area contributed by atoms with Crippen molar-refractivity contribution >= 4 is 10.1 Å². The summed E-state index contributed by atoms with van der Waals surface area (Å²) in [6, 6.07) is 0. The Balaban J connectivity index is 3.23. The van der Waals surface area contributed by atoms with Crippen molar-refractivity contribution in [1.29, 1.82) is 0 Å². The normalized spacial score (nSPS) is 11.4. The average molecular weight is 242 g/mol. The van der Waals surface area contributed by atoms with Gasteiger partial charge in [-0.25, -0.2) is 0 Å². The molecule has 0 aliphatic carbocycles. The maximum Gasteiger partial charge on any atom is 0.266 e. The molecule has 0 unspecified atom stereocenters. The van der Waals surface area contributed by atoms with E-state index < -0.39 is 16.2 Å². The molecular weight excluding hydrogens is 226 g/mol. The average Bonchev–Trinajstić information content (AvgIpc) is 2.07. The van der Waals surface area contributed by atoms with E-state index in [0.29, 0.717) is 19.3 Å². The van der Waals surface area contributed by atoms with Gasteiger partial charge in [0.2, 0.25) is 0 Å². The molecule has 0 saturated carbocycles. The molecule has 15 heavy (non-hydrogen) atoms. The molecule has 0 radical (unpaired) electrons. The number of rotatable bonds is 8. The second kappa shape index (κ2) is 7.76. The maximum absolute atomic E-state index is 11.6. The highest BCUT2D eigenvalue weighted by Gasteiger charge is 1.99. The summed E-state index contributed by atoms with van der Waals surface area (Å²) in [6.07, 6.45) is 3.54. The molecule has 0 aromatic rings. The minimum atomic E-state index is -3.34. The van der Waals surface area contributed by atoms with Crippen LogP contribution in [0.3, 0.4) is 0 Å². The highest BCUT2D eigenvalue weighted by molar-refractivity contribution is 7.85. The summed E-state index contributed by atoms with van der Waals surface area (Å²) in [5.74, 6) is 0.